The lowest BCUT2D eigenvalue weighted by Gasteiger charge is -2.09. The summed E-state index contributed by atoms with van der Waals surface area (Å²) < 4.78 is 2.26. The van der Waals surface area contributed by atoms with Crippen LogP contribution in [0.3, 0.4) is 0 Å². The largest absolute Gasteiger partial charge is 0.396 e. The number of nitrogens with one attached hydrogen (secondary N) is 1. The molecule has 2 rings (SSSR count). The van der Waals surface area contributed by atoms with Crippen molar-refractivity contribution in [2.75, 3.05) is 13.2 Å². The highest BCUT2D eigenvalue weighted by Crippen LogP contribution is 2.12. The number of aliphatic hydroxyl groups excluding tert-OH is 1. The molecule has 0 fully saturated rings. The summed E-state index contributed by atoms with van der Waals surface area (Å²) in [6.45, 7) is 2.92. The molecule has 0 saturated heterocycles. The van der Waals surface area contributed by atoms with Gasteiger partial charge in [-0.15, -0.1) is 11.3 Å². The van der Waals surface area contributed by atoms with Crippen LogP contribution in [-0.2, 0) is 13.1 Å². The summed E-state index contributed by atoms with van der Waals surface area (Å²) in [6.07, 6.45) is 2.93. The zero-order valence-corrected chi connectivity index (χ0v) is 10.6. The maximum Gasteiger partial charge on any atom is 0.0566 e. The molecule has 0 bridgehead atoms. The van der Waals surface area contributed by atoms with E-state index in [1.54, 1.807) is 11.3 Å². The molecule has 0 aliphatic heterocycles. The smallest absolute Gasteiger partial charge is 0.0566 e. The van der Waals surface area contributed by atoms with Crippen molar-refractivity contribution in [2.24, 2.45) is 0 Å². The van der Waals surface area contributed by atoms with Crippen molar-refractivity contribution in [2.45, 2.75) is 19.5 Å². The number of aliphatic hydroxyl groups is 1. The second-order valence-electron chi connectivity index (χ2n) is 3.96. The Labute approximate surface area is 106 Å². The normalized spacial score (nSPS) is 10.9. The number of rotatable bonds is 7. The molecule has 3 nitrogen and oxygen atoms in total. The number of hydrogen-bond acceptors (Lipinski definition) is 3. The van der Waals surface area contributed by atoms with Gasteiger partial charge in [0.1, 0.15) is 0 Å². The van der Waals surface area contributed by atoms with Gasteiger partial charge in [-0.05, 0) is 36.5 Å². The molecule has 2 aromatic heterocycles. The van der Waals surface area contributed by atoms with Gasteiger partial charge in [0.15, 0.2) is 0 Å². The van der Waals surface area contributed by atoms with Crippen LogP contribution < -0.4 is 5.32 Å². The maximum absolute atomic E-state index is 8.71. The molecule has 2 N–H and O–H groups in total. The van der Waals surface area contributed by atoms with Gasteiger partial charge in [0.05, 0.1) is 6.54 Å². The van der Waals surface area contributed by atoms with E-state index in [4.69, 9.17) is 5.11 Å². The van der Waals surface area contributed by atoms with Crippen LogP contribution in [0.4, 0.5) is 0 Å². The fourth-order valence-electron chi connectivity index (χ4n) is 1.76. The van der Waals surface area contributed by atoms with E-state index in [0.29, 0.717) is 0 Å². The van der Waals surface area contributed by atoms with Crippen LogP contribution in [0.25, 0.3) is 0 Å². The molecule has 0 atom stereocenters. The summed E-state index contributed by atoms with van der Waals surface area (Å²) >= 11 is 1.79. The van der Waals surface area contributed by atoms with E-state index in [1.165, 1.54) is 10.6 Å². The minimum Gasteiger partial charge on any atom is -0.396 e. The Morgan fingerprint density at radius 1 is 1.29 bits per heavy atom. The monoisotopic (exact) mass is 250 g/mol. The quantitative estimate of drug-likeness (QED) is 0.738. The Morgan fingerprint density at radius 3 is 3.00 bits per heavy atom. The SMILES string of the molecule is OCCCNCc1cccn1Cc1cccs1. The van der Waals surface area contributed by atoms with Crippen molar-refractivity contribution in [3.63, 3.8) is 0 Å². The second-order valence-corrected chi connectivity index (χ2v) is 4.99. The van der Waals surface area contributed by atoms with Crippen molar-refractivity contribution in [1.29, 1.82) is 0 Å². The number of thiophene rings is 1. The third-order valence-electron chi connectivity index (χ3n) is 2.65. The van der Waals surface area contributed by atoms with Crippen molar-refractivity contribution >= 4 is 11.3 Å². The van der Waals surface area contributed by atoms with E-state index in [1.807, 2.05) is 0 Å². The molecule has 0 spiro atoms. The van der Waals surface area contributed by atoms with Gasteiger partial charge >= 0.3 is 0 Å². The topological polar surface area (TPSA) is 37.2 Å². The Kier molecular flexibility index (Phi) is 4.79. The fraction of sp³-hybridized carbons (Fsp3) is 0.385. The minimum atomic E-state index is 0.253. The summed E-state index contributed by atoms with van der Waals surface area (Å²) in [4.78, 5) is 1.37. The third-order valence-corrected chi connectivity index (χ3v) is 3.51. The van der Waals surface area contributed by atoms with Crippen LogP contribution in [0.5, 0.6) is 0 Å². The molecule has 0 aromatic carbocycles. The lowest BCUT2D eigenvalue weighted by molar-refractivity contribution is 0.286. The number of hydrogen-bond donors (Lipinski definition) is 2. The average Bonchev–Trinajstić information content (AvgIpc) is 2.97. The van der Waals surface area contributed by atoms with Crippen LogP contribution in [0, 0.1) is 0 Å². The van der Waals surface area contributed by atoms with E-state index in [0.717, 1.165) is 26.1 Å². The first kappa shape index (κ1) is 12.4. The van der Waals surface area contributed by atoms with E-state index in [2.05, 4.69) is 45.7 Å². The van der Waals surface area contributed by atoms with Gasteiger partial charge in [0.25, 0.3) is 0 Å². The first-order valence-corrected chi connectivity index (χ1v) is 6.76. The molecule has 0 unspecified atom stereocenters. The Bertz CT molecular complexity index is 422. The third kappa shape index (κ3) is 3.70. The van der Waals surface area contributed by atoms with Crippen LogP contribution in [0.2, 0.25) is 0 Å². The first-order valence-electron chi connectivity index (χ1n) is 5.88. The minimum absolute atomic E-state index is 0.253. The van der Waals surface area contributed by atoms with E-state index < -0.39 is 0 Å². The summed E-state index contributed by atoms with van der Waals surface area (Å²) in [5, 5.41) is 14.1. The maximum atomic E-state index is 8.71. The molecule has 0 aliphatic carbocycles. The van der Waals surface area contributed by atoms with Gasteiger partial charge in [-0.1, -0.05) is 6.07 Å². The summed E-state index contributed by atoms with van der Waals surface area (Å²) in [7, 11) is 0. The van der Waals surface area contributed by atoms with E-state index >= 15 is 0 Å². The van der Waals surface area contributed by atoms with Crippen LogP contribution in [-0.4, -0.2) is 22.8 Å². The zero-order valence-electron chi connectivity index (χ0n) is 9.80. The second kappa shape index (κ2) is 6.59. The molecule has 92 valence electrons. The van der Waals surface area contributed by atoms with Gasteiger partial charge in [0.2, 0.25) is 0 Å². The first-order chi connectivity index (χ1) is 8.40. The summed E-state index contributed by atoms with van der Waals surface area (Å²) in [6, 6.07) is 8.46. The molecule has 17 heavy (non-hydrogen) atoms. The highest BCUT2D eigenvalue weighted by molar-refractivity contribution is 7.09. The van der Waals surface area contributed by atoms with E-state index in [9.17, 15) is 0 Å². The zero-order chi connectivity index (χ0) is 11.9. The van der Waals surface area contributed by atoms with Crippen molar-refractivity contribution in [3.05, 3.63) is 46.4 Å². The Morgan fingerprint density at radius 2 is 2.24 bits per heavy atom. The standard InChI is InChI=1S/C13H18N2OS/c16-8-3-6-14-10-12-4-1-7-15(12)11-13-5-2-9-17-13/h1-2,4-5,7,9,14,16H,3,6,8,10-11H2. The predicted molar refractivity (Wildman–Crippen MR) is 71.3 cm³/mol. The highest BCUT2D eigenvalue weighted by Gasteiger charge is 2.01. The molecular weight excluding hydrogens is 232 g/mol. The van der Waals surface area contributed by atoms with Crippen LogP contribution in [0.15, 0.2) is 35.8 Å². The van der Waals surface area contributed by atoms with E-state index in [-0.39, 0.29) is 6.61 Å². The van der Waals surface area contributed by atoms with Crippen molar-refractivity contribution in [3.8, 4) is 0 Å². The number of nitrogens with zero attached hydrogens (tertiary/aromatic N) is 1. The average molecular weight is 250 g/mol. The van der Waals surface area contributed by atoms with Gasteiger partial charge in [0, 0.05) is 29.9 Å². The molecule has 2 aromatic rings. The van der Waals surface area contributed by atoms with Gasteiger partial charge in [-0.25, -0.2) is 0 Å². The van der Waals surface area contributed by atoms with Crippen LogP contribution >= 0.6 is 11.3 Å². The van der Waals surface area contributed by atoms with Crippen molar-refractivity contribution < 1.29 is 5.11 Å². The molecule has 2 heterocycles. The van der Waals surface area contributed by atoms with Gasteiger partial charge in [-0.3, -0.25) is 0 Å². The highest BCUT2D eigenvalue weighted by atomic mass is 32.1. The van der Waals surface area contributed by atoms with Gasteiger partial charge < -0.3 is 15.0 Å². The van der Waals surface area contributed by atoms with Crippen LogP contribution in [0.1, 0.15) is 17.0 Å². The molecule has 0 radical (unpaired) electrons. The molecular formula is C13H18N2OS. The Balaban J connectivity index is 1.88. The predicted octanol–water partition coefficient (Wildman–Crippen LogP) is 2.07. The fourth-order valence-corrected chi connectivity index (χ4v) is 2.46. The Hall–Kier alpha value is -1.10. The lowest BCUT2D eigenvalue weighted by atomic mass is 10.3. The lowest BCUT2D eigenvalue weighted by Crippen LogP contribution is -2.18. The summed E-state index contributed by atoms with van der Waals surface area (Å²) in [5.41, 5.74) is 1.29. The molecule has 4 heteroatoms. The molecule has 0 aliphatic rings. The van der Waals surface area contributed by atoms with Crippen molar-refractivity contribution in [1.82, 2.24) is 9.88 Å². The number of aromatic nitrogens is 1. The summed E-state index contributed by atoms with van der Waals surface area (Å²) in [5.74, 6) is 0. The molecule has 0 saturated carbocycles. The molecule has 0 amide bonds. The van der Waals surface area contributed by atoms with Gasteiger partial charge in [-0.2, -0.15) is 0 Å².